The first-order chi connectivity index (χ1) is 14.3. The number of benzene rings is 1. The van der Waals surface area contributed by atoms with Crippen LogP contribution in [-0.2, 0) is 14.3 Å². The third-order valence-corrected chi connectivity index (χ3v) is 5.77. The maximum atomic E-state index is 12.9. The number of anilines is 1. The molecule has 2 aliphatic rings. The summed E-state index contributed by atoms with van der Waals surface area (Å²) in [5.74, 6) is -0.618. The molecular weight excluding hydrogens is 382 g/mol. The van der Waals surface area contributed by atoms with Crippen LogP contribution in [0.2, 0.25) is 0 Å². The van der Waals surface area contributed by atoms with Crippen molar-refractivity contribution in [2.24, 2.45) is 11.8 Å². The molecule has 2 saturated heterocycles. The van der Waals surface area contributed by atoms with Crippen molar-refractivity contribution in [3.63, 3.8) is 0 Å². The van der Waals surface area contributed by atoms with E-state index in [1.807, 2.05) is 32.9 Å². The topological polar surface area (TPSA) is 87.7 Å². The van der Waals surface area contributed by atoms with Gasteiger partial charge in [-0.15, -0.1) is 0 Å². The minimum atomic E-state index is -0.696. The molecule has 7 heteroatoms. The van der Waals surface area contributed by atoms with E-state index >= 15 is 0 Å². The Labute approximate surface area is 178 Å². The van der Waals surface area contributed by atoms with Gasteiger partial charge in [0.1, 0.15) is 12.6 Å². The summed E-state index contributed by atoms with van der Waals surface area (Å²) < 4.78 is 5.23. The predicted molar refractivity (Wildman–Crippen MR) is 116 cm³/mol. The molecule has 0 spiro atoms. The van der Waals surface area contributed by atoms with Crippen molar-refractivity contribution in [3.8, 4) is 0 Å². The minimum Gasteiger partial charge on any atom is -0.373 e. The van der Waals surface area contributed by atoms with Crippen molar-refractivity contribution >= 4 is 23.3 Å². The van der Waals surface area contributed by atoms with Crippen molar-refractivity contribution < 1.29 is 19.1 Å². The van der Waals surface area contributed by atoms with Gasteiger partial charge >= 0.3 is 0 Å². The van der Waals surface area contributed by atoms with Crippen LogP contribution in [0.25, 0.3) is 0 Å². The minimum absolute atomic E-state index is 0.0137. The van der Waals surface area contributed by atoms with Crippen LogP contribution in [0, 0.1) is 11.8 Å². The Bertz CT molecular complexity index is 756. The van der Waals surface area contributed by atoms with Crippen molar-refractivity contribution in [2.45, 2.75) is 52.1 Å². The molecule has 1 aromatic carbocycles. The van der Waals surface area contributed by atoms with Gasteiger partial charge in [-0.3, -0.25) is 14.4 Å². The van der Waals surface area contributed by atoms with Gasteiger partial charge in [0.2, 0.25) is 5.91 Å². The standard InChI is InChI=1S/C23H33N3O4/c1-15(2)12-19(23(29)25-21-16(3)13-30-14-20(21)27)24-22(28)17-6-8-18(9-7-17)26-10-4-5-11-26/h6-9,15-16,19,21H,4-5,10-14H2,1-3H3,(H,24,28)(H,25,29)/t16-,19?,21+/m1/s1. The van der Waals surface area contributed by atoms with Gasteiger partial charge in [-0.2, -0.15) is 0 Å². The average molecular weight is 416 g/mol. The second kappa shape index (κ2) is 10.1. The molecule has 1 aromatic rings. The molecule has 3 atom stereocenters. The molecule has 0 aliphatic carbocycles. The third-order valence-electron chi connectivity index (χ3n) is 5.77. The molecule has 2 aliphatic heterocycles. The Hall–Kier alpha value is -2.41. The summed E-state index contributed by atoms with van der Waals surface area (Å²) >= 11 is 0. The number of ketones is 1. The number of nitrogens with zero attached hydrogens (tertiary/aromatic N) is 1. The molecule has 3 rings (SSSR count). The highest BCUT2D eigenvalue weighted by atomic mass is 16.5. The number of rotatable bonds is 7. The number of carbonyl (C=O) groups is 3. The summed E-state index contributed by atoms with van der Waals surface area (Å²) in [5.41, 5.74) is 1.64. The summed E-state index contributed by atoms with van der Waals surface area (Å²) in [6.07, 6.45) is 2.89. The second-order valence-electron chi connectivity index (χ2n) is 8.84. The van der Waals surface area contributed by atoms with E-state index < -0.39 is 12.1 Å². The Morgan fingerprint density at radius 3 is 2.43 bits per heavy atom. The van der Waals surface area contributed by atoms with E-state index in [1.165, 1.54) is 12.8 Å². The maximum absolute atomic E-state index is 12.9. The van der Waals surface area contributed by atoms with Crippen LogP contribution in [0.5, 0.6) is 0 Å². The van der Waals surface area contributed by atoms with Crippen LogP contribution >= 0.6 is 0 Å². The van der Waals surface area contributed by atoms with Crippen molar-refractivity contribution in [1.29, 1.82) is 0 Å². The Morgan fingerprint density at radius 2 is 1.83 bits per heavy atom. The van der Waals surface area contributed by atoms with Gasteiger partial charge in [0.25, 0.3) is 5.91 Å². The van der Waals surface area contributed by atoms with Crippen LogP contribution in [0.15, 0.2) is 24.3 Å². The molecule has 0 radical (unpaired) electrons. The SMILES string of the molecule is CC(C)CC(NC(=O)c1ccc(N2CCCC2)cc1)C(=O)N[C@@H]1C(=O)COC[C@H]1C. The molecule has 2 N–H and O–H groups in total. The van der Waals surface area contributed by atoms with E-state index in [0.29, 0.717) is 18.6 Å². The highest BCUT2D eigenvalue weighted by molar-refractivity contribution is 5.99. The van der Waals surface area contributed by atoms with E-state index in [4.69, 9.17) is 4.74 Å². The average Bonchev–Trinajstić information content (AvgIpc) is 3.25. The van der Waals surface area contributed by atoms with Gasteiger partial charge in [0, 0.05) is 30.3 Å². The van der Waals surface area contributed by atoms with Gasteiger partial charge < -0.3 is 20.3 Å². The lowest BCUT2D eigenvalue weighted by atomic mass is 9.95. The highest BCUT2D eigenvalue weighted by Crippen LogP contribution is 2.20. The normalized spacial score (nSPS) is 22.8. The molecule has 2 heterocycles. The molecule has 0 aromatic heterocycles. The molecule has 7 nitrogen and oxygen atoms in total. The zero-order valence-corrected chi connectivity index (χ0v) is 18.1. The quantitative estimate of drug-likeness (QED) is 0.713. The maximum Gasteiger partial charge on any atom is 0.251 e. The first-order valence-corrected chi connectivity index (χ1v) is 10.9. The predicted octanol–water partition coefficient (Wildman–Crippen LogP) is 2.15. The van der Waals surface area contributed by atoms with Gasteiger partial charge in [-0.25, -0.2) is 0 Å². The first kappa shape index (κ1) is 22.3. The number of hydrogen-bond acceptors (Lipinski definition) is 5. The second-order valence-corrected chi connectivity index (χ2v) is 8.84. The fourth-order valence-corrected chi connectivity index (χ4v) is 4.07. The van der Waals surface area contributed by atoms with Crippen molar-refractivity contribution in [3.05, 3.63) is 29.8 Å². The zero-order chi connectivity index (χ0) is 21.7. The van der Waals surface area contributed by atoms with E-state index in [9.17, 15) is 14.4 Å². The van der Waals surface area contributed by atoms with Crippen LogP contribution in [0.1, 0.15) is 50.4 Å². The number of Topliss-reactive ketones (excluding diaryl/α,β-unsaturated/α-hetero) is 1. The summed E-state index contributed by atoms with van der Waals surface area (Å²) in [5, 5.41) is 5.70. The lowest BCUT2D eigenvalue weighted by molar-refractivity contribution is -0.137. The number of carbonyl (C=O) groups excluding carboxylic acids is 3. The largest absolute Gasteiger partial charge is 0.373 e. The van der Waals surface area contributed by atoms with Crippen molar-refractivity contribution in [1.82, 2.24) is 10.6 Å². The number of ether oxygens (including phenoxy) is 1. The van der Waals surface area contributed by atoms with Crippen molar-refractivity contribution in [2.75, 3.05) is 31.2 Å². The molecule has 164 valence electrons. The number of amides is 2. The fraction of sp³-hybridized carbons (Fsp3) is 0.609. The molecular formula is C23H33N3O4. The monoisotopic (exact) mass is 415 g/mol. The molecule has 0 saturated carbocycles. The fourth-order valence-electron chi connectivity index (χ4n) is 4.07. The van der Waals surface area contributed by atoms with Gasteiger partial charge in [-0.05, 0) is 49.4 Å². The van der Waals surface area contributed by atoms with Gasteiger partial charge in [-0.1, -0.05) is 20.8 Å². The molecule has 2 amide bonds. The van der Waals surface area contributed by atoms with E-state index in [0.717, 1.165) is 18.8 Å². The van der Waals surface area contributed by atoms with E-state index in [2.05, 4.69) is 15.5 Å². The zero-order valence-electron chi connectivity index (χ0n) is 18.1. The lowest BCUT2D eigenvalue weighted by Crippen LogP contribution is -2.56. The van der Waals surface area contributed by atoms with Crippen LogP contribution in [0.3, 0.4) is 0 Å². The summed E-state index contributed by atoms with van der Waals surface area (Å²) in [4.78, 5) is 40.2. The highest BCUT2D eigenvalue weighted by Gasteiger charge is 2.33. The summed E-state index contributed by atoms with van der Waals surface area (Å²) in [6, 6.07) is 6.26. The lowest BCUT2D eigenvalue weighted by Gasteiger charge is -2.30. The smallest absolute Gasteiger partial charge is 0.251 e. The summed E-state index contributed by atoms with van der Waals surface area (Å²) in [7, 11) is 0. The van der Waals surface area contributed by atoms with E-state index in [-0.39, 0.29) is 36.0 Å². The van der Waals surface area contributed by atoms with Crippen LogP contribution < -0.4 is 15.5 Å². The molecule has 0 bridgehead atoms. The molecule has 2 fully saturated rings. The van der Waals surface area contributed by atoms with Gasteiger partial charge in [0.15, 0.2) is 5.78 Å². The summed E-state index contributed by atoms with van der Waals surface area (Å²) in [6.45, 7) is 8.41. The van der Waals surface area contributed by atoms with Crippen LogP contribution in [0.4, 0.5) is 5.69 Å². The van der Waals surface area contributed by atoms with Crippen LogP contribution in [-0.4, -0.2) is 56.0 Å². The Balaban J connectivity index is 1.65. The Kier molecular flexibility index (Phi) is 7.48. The molecule has 30 heavy (non-hydrogen) atoms. The van der Waals surface area contributed by atoms with E-state index in [1.54, 1.807) is 12.1 Å². The Morgan fingerprint density at radius 1 is 1.17 bits per heavy atom. The third kappa shape index (κ3) is 5.59. The van der Waals surface area contributed by atoms with Gasteiger partial charge in [0.05, 0.1) is 12.6 Å². The molecule has 1 unspecified atom stereocenters. The number of nitrogens with one attached hydrogen (secondary N) is 2. The first-order valence-electron chi connectivity index (χ1n) is 10.9. The number of hydrogen-bond donors (Lipinski definition) is 2.